The predicted octanol–water partition coefficient (Wildman–Crippen LogP) is 3.03. The fraction of sp³-hybridized carbons (Fsp3) is 0.340. The lowest BCUT2D eigenvalue weighted by molar-refractivity contribution is -0.143. The van der Waals surface area contributed by atoms with Crippen molar-refractivity contribution in [3.63, 3.8) is 0 Å². The number of benzene rings is 3. The second-order valence-electron chi connectivity index (χ2n) is 15.4. The highest BCUT2D eigenvalue weighted by Gasteiger charge is 2.27. The molecule has 0 aliphatic carbocycles. The maximum Gasteiger partial charge on any atom is 0.330 e. The van der Waals surface area contributed by atoms with Crippen LogP contribution in [0.25, 0.3) is 0 Å². The standard InChI is InChI=1S/C27H31N5O7.C20H27N5O4/c1-15-23(16(2)31-27(30-15)28-9-5-7-17-6-4-8-19(33)10-17)25(37)32-22(26(38)39-3)14-29-24(36)18-11-20(34)13-21(35)12-18;1-12-17(18(27)25-16(11-21)19(28)29-3)13(2)24-20(23-12)22-9-5-7-14-6-4-8-15(26)10-14/h4,6,8,10-13,22,33-35H,5,7,9,14H2,1-3H3,(H,29,36)(H,32,37)(H,28,30,31);4,6,8,10,16,26H,5,7,9,11,21H2,1-3H3,(H,25,27)(H,22,23,24)/t22-;16-/m00/s1. The molecular formula is C47H58N10O11. The van der Waals surface area contributed by atoms with Gasteiger partial charge < -0.3 is 62.2 Å². The van der Waals surface area contributed by atoms with Crippen molar-refractivity contribution in [1.29, 1.82) is 0 Å². The highest BCUT2D eigenvalue weighted by Crippen LogP contribution is 2.21. The number of aryl methyl sites for hydroxylation is 6. The van der Waals surface area contributed by atoms with E-state index in [0.29, 0.717) is 53.3 Å². The fourth-order valence-electron chi connectivity index (χ4n) is 6.83. The number of nitrogens with zero attached hydrogens (tertiary/aromatic N) is 4. The molecule has 362 valence electrons. The number of phenolic OH excluding ortho intramolecular Hbond substituents is 4. The molecule has 5 rings (SSSR count). The van der Waals surface area contributed by atoms with Crippen LogP contribution in [0.3, 0.4) is 0 Å². The lowest BCUT2D eigenvalue weighted by Gasteiger charge is -2.19. The zero-order valence-electron chi connectivity index (χ0n) is 38.7. The number of hydrogen-bond donors (Lipinski definition) is 10. The zero-order valence-corrected chi connectivity index (χ0v) is 38.7. The SMILES string of the molecule is COC(=O)[C@H](CN)NC(=O)c1c(C)nc(NCCCc2cccc(O)c2)nc1C.COC(=O)[C@H](CNC(=O)c1cc(O)cc(O)c1)NC(=O)c1c(C)nc(NCCCc2cccc(O)c2)nc1C. The van der Waals surface area contributed by atoms with Gasteiger partial charge in [0.05, 0.1) is 48.1 Å². The largest absolute Gasteiger partial charge is 0.508 e. The van der Waals surface area contributed by atoms with Gasteiger partial charge in [0.25, 0.3) is 17.7 Å². The number of methoxy groups -OCH3 is 2. The molecule has 2 atom stereocenters. The van der Waals surface area contributed by atoms with Crippen LogP contribution in [0.1, 0.15) is 77.8 Å². The Bertz CT molecular complexity index is 2510. The average Bonchev–Trinajstić information content (AvgIpc) is 3.28. The third-order valence-electron chi connectivity index (χ3n) is 10.1. The zero-order chi connectivity index (χ0) is 49.9. The molecule has 0 fully saturated rings. The monoisotopic (exact) mass is 938 g/mol. The number of esters is 2. The van der Waals surface area contributed by atoms with Crippen molar-refractivity contribution in [2.75, 3.05) is 51.0 Å². The van der Waals surface area contributed by atoms with Crippen molar-refractivity contribution in [3.8, 4) is 23.0 Å². The van der Waals surface area contributed by atoms with Gasteiger partial charge in [-0.25, -0.2) is 29.5 Å². The molecule has 0 bridgehead atoms. The molecule has 0 aliphatic rings. The number of rotatable bonds is 20. The van der Waals surface area contributed by atoms with E-state index in [1.165, 1.54) is 7.11 Å². The fourth-order valence-corrected chi connectivity index (χ4v) is 6.83. The number of hydrogen-bond acceptors (Lipinski definition) is 18. The van der Waals surface area contributed by atoms with Gasteiger partial charge in [0.15, 0.2) is 0 Å². The molecule has 3 aromatic carbocycles. The molecule has 68 heavy (non-hydrogen) atoms. The first-order valence-electron chi connectivity index (χ1n) is 21.5. The number of amides is 3. The van der Waals surface area contributed by atoms with Gasteiger partial charge >= 0.3 is 11.9 Å². The maximum absolute atomic E-state index is 13.1. The van der Waals surface area contributed by atoms with Crippen molar-refractivity contribution in [3.05, 3.63) is 117 Å². The molecule has 2 heterocycles. The van der Waals surface area contributed by atoms with E-state index in [-0.39, 0.29) is 47.2 Å². The van der Waals surface area contributed by atoms with Crippen LogP contribution >= 0.6 is 0 Å². The molecule has 21 nitrogen and oxygen atoms in total. The Morgan fingerprint density at radius 1 is 0.574 bits per heavy atom. The molecular weight excluding hydrogens is 881 g/mol. The van der Waals surface area contributed by atoms with E-state index >= 15 is 0 Å². The van der Waals surface area contributed by atoms with Gasteiger partial charge in [-0.1, -0.05) is 24.3 Å². The first-order chi connectivity index (χ1) is 32.4. The minimum atomic E-state index is -1.23. The van der Waals surface area contributed by atoms with E-state index < -0.39 is 41.7 Å². The van der Waals surface area contributed by atoms with E-state index in [2.05, 4.69) is 51.3 Å². The number of aromatic nitrogens is 4. The van der Waals surface area contributed by atoms with E-state index in [0.717, 1.165) is 62.1 Å². The molecule has 0 aliphatic heterocycles. The summed E-state index contributed by atoms with van der Waals surface area (Å²) >= 11 is 0. The van der Waals surface area contributed by atoms with Crippen LogP contribution < -0.4 is 32.3 Å². The molecule has 0 radical (unpaired) electrons. The van der Waals surface area contributed by atoms with E-state index in [1.807, 2.05) is 18.2 Å². The van der Waals surface area contributed by atoms with Gasteiger partial charge in [-0.2, -0.15) is 0 Å². The van der Waals surface area contributed by atoms with Gasteiger partial charge in [-0.3, -0.25) is 14.4 Å². The predicted molar refractivity (Wildman–Crippen MR) is 251 cm³/mol. The van der Waals surface area contributed by atoms with Crippen LogP contribution in [0.2, 0.25) is 0 Å². The molecule has 21 heteroatoms. The van der Waals surface area contributed by atoms with Gasteiger partial charge in [0.1, 0.15) is 35.1 Å². The van der Waals surface area contributed by atoms with Crippen LogP contribution in [0.15, 0.2) is 66.7 Å². The number of ether oxygens (including phenoxy) is 2. The highest BCUT2D eigenvalue weighted by atomic mass is 16.5. The number of carbonyl (C=O) groups is 5. The lowest BCUT2D eigenvalue weighted by atomic mass is 10.1. The molecule has 0 spiro atoms. The smallest absolute Gasteiger partial charge is 0.330 e. The Kier molecular flexibility index (Phi) is 19.8. The number of phenols is 4. The van der Waals surface area contributed by atoms with Crippen LogP contribution in [-0.2, 0) is 31.9 Å². The Balaban J connectivity index is 0.000000310. The van der Waals surface area contributed by atoms with Crippen molar-refractivity contribution in [2.45, 2.75) is 65.5 Å². The number of aromatic hydroxyl groups is 4. The molecule has 0 unspecified atom stereocenters. The van der Waals surface area contributed by atoms with Crippen molar-refractivity contribution >= 4 is 41.6 Å². The molecule has 0 saturated heterocycles. The topological polar surface area (TPSA) is 322 Å². The summed E-state index contributed by atoms with van der Waals surface area (Å²) < 4.78 is 9.38. The Hall–Kier alpha value is -8.07. The van der Waals surface area contributed by atoms with Gasteiger partial charge in [0, 0.05) is 37.8 Å². The van der Waals surface area contributed by atoms with Crippen molar-refractivity contribution < 1.29 is 53.9 Å². The second-order valence-corrected chi connectivity index (χ2v) is 15.4. The summed E-state index contributed by atoms with van der Waals surface area (Å²) in [6.07, 6.45) is 3.14. The summed E-state index contributed by atoms with van der Waals surface area (Å²) in [5, 5.41) is 52.1. The molecule has 11 N–H and O–H groups in total. The third-order valence-corrected chi connectivity index (χ3v) is 10.1. The lowest BCUT2D eigenvalue weighted by Crippen LogP contribution is -2.49. The second kappa shape index (κ2) is 25.6. The summed E-state index contributed by atoms with van der Waals surface area (Å²) in [6.45, 7) is 7.52. The minimum Gasteiger partial charge on any atom is -0.508 e. The van der Waals surface area contributed by atoms with Gasteiger partial charge in [-0.15, -0.1) is 0 Å². The molecule has 5 aromatic rings. The van der Waals surface area contributed by atoms with Crippen LogP contribution in [0, 0.1) is 27.7 Å². The number of nitrogens with two attached hydrogens (primary N) is 1. The number of anilines is 2. The summed E-state index contributed by atoms with van der Waals surface area (Å²) in [5.74, 6) is -2.54. The first kappa shape index (κ1) is 52.6. The normalized spacial score (nSPS) is 11.5. The third kappa shape index (κ3) is 15.8. The van der Waals surface area contributed by atoms with Gasteiger partial charge in [0.2, 0.25) is 11.9 Å². The summed E-state index contributed by atoms with van der Waals surface area (Å²) in [6, 6.07) is 15.4. The molecule has 0 saturated carbocycles. The summed E-state index contributed by atoms with van der Waals surface area (Å²) in [7, 11) is 2.38. The van der Waals surface area contributed by atoms with E-state index in [4.69, 9.17) is 10.5 Å². The average molecular weight is 939 g/mol. The summed E-state index contributed by atoms with van der Waals surface area (Å²) in [5.41, 5.74) is 9.79. The quantitative estimate of drug-likeness (QED) is 0.0396. The van der Waals surface area contributed by atoms with Crippen LogP contribution in [-0.4, -0.2) is 123 Å². The summed E-state index contributed by atoms with van der Waals surface area (Å²) in [4.78, 5) is 79.4. The van der Waals surface area contributed by atoms with Gasteiger partial charge in [-0.05, 0) is 101 Å². The Morgan fingerprint density at radius 3 is 1.38 bits per heavy atom. The highest BCUT2D eigenvalue weighted by molar-refractivity contribution is 6.00. The van der Waals surface area contributed by atoms with Crippen LogP contribution in [0.4, 0.5) is 11.9 Å². The Labute approximate surface area is 393 Å². The van der Waals surface area contributed by atoms with Crippen LogP contribution in [0.5, 0.6) is 23.0 Å². The molecule has 3 amide bonds. The minimum absolute atomic E-state index is 0.0347. The Morgan fingerprint density at radius 2 is 0.985 bits per heavy atom. The number of nitrogens with one attached hydrogen (secondary N) is 5. The van der Waals surface area contributed by atoms with E-state index in [1.54, 1.807) is 58.0 Å². The number of carbonyl (C=O) groups excluding carboxylic acids is 5. The first-order valence-corrected chi connectivity index (χ1v) is 21.5. The molecule has 2 aromatic heterocycles. The van der Waals surface area contributed by atoms with E-state index in [9.17, 15) is 44.4 Å². The van der Waals surface area contributed by atoms with Crippen molar-refractivity contribution in [2.24, 2.45) is 5.73 Å². The maximum atomic E-state index is 13.1. The van der Waals surface area contributed by atoms with Crippen molar-refractivity contribution in [1.82, 2.24) is 35.9 Å².